The van der Waals surface area contributed by atoms with E-state index in [1.807, 2.05) is 61.7 Å². The summed E-state index contributed by atoms with van der Waals surface area (Å²) in [6.07, 6.45) is 1.82. The van der Waals surface area contributed by atoms with E-state index in [1.54, 1.807) is 43.2 Å². The molecule has 7 nitrogen and oxygen atoms in total. The first-order valence-corrected chi connectivity index (χ1v) is 10.6. The van der Waals surface area contributed by atoms with Gasteiger partial charge in [0.05, 0.1) is 19.8 Å². The highest BCUT2D eigenvalue weighted by molar-refractivity contribution is 5.98. The third kappa shape index (κ3) is 4.72. The number of hydrogen-bond donors (Lipinski definition) is 2. The Hall–Kier alpha value is -4.13. The minimum atomic E-state index is -0.798. The molecule has 7 heteroatoms. The Bertz CT molecular complexity index is 1190. The highest BCUT2D eigenvalue weighted by atomic mass is 16.5. The molecule has 1 aliphatic rings. The average molecular weight is 445 g/mol. The Morgan fingerprint density at radius 1 is 0.970 bits per heavy atom. The molecule has 0 saturated carbocycles. The lowest BCUT2D eigenvalue weighted by Crippen LogP contribution is -2.42. The van der Waals surface area contributed by atoms with Crippen molar-refractivity contribution in [2.75, 3.05) is 14.2 Å². The molecule has 1 aliphatic heterocycles. The summed E-state index contributed by atoms with van der Waals surface area (Å²) in [6.45, 7) is 2.00. The number of hydrazine groups is 1. The number of rotatable bonds is 6. The van der Waals surface area contributed by atoms with Crippen molar-refractivity contribution in [3.63, 3.8) is 0 Å². The molecule has 3 aromatic rings. The number of aryl methyl sites for hydroxylation is 1. The van der Waals surface area contributed by atoms with Crippen molar-refractivity contribution in [1.29, 1.82) is 0 Å². The van der Waals surface area contributed by atoms with E-state index in [1.165, 1.54) is 0 Å². The molecule has 168 valence electrons. The number of ether oxygens (including phenoxy) is 2. The van der Waals surface area contributed by atoms with E-state index in [2.05, 4.69) is 10.7 Å². The number of amides is 2. The number of benzene rings is 3. The highest BCUT2D eigenvalue weighted by Crippen LogP contribution is 2.27. The Balaban J connectivity index is 1.70. The Morgan fingerprint density at radius 2 is 1.67 bits per heavy atom. The van der Waals surface area contributed by atoms with Crippen LogP contribution in [0.2, 0.25) is 0 Å². The van der Waals surface area contributed by atoms with Gasteiger partial charge in [-0.2, -0.15) is 0 Å². The van der Waals surface area contributed by atoms with E-state index in [-0.39, 0.29) is 11.8 Å². The van der Waals surface area contributed by atoms with E-state index >= 15 is 0 Å². The van der Waals surface area contributed by atoms with Crippen molar-refractivity contribution in [3.05, 3.63) is 95.1 Å². The zero-order chi connectivity index (χ0) is 23.4. The number of methoxy groups -OCH3 is 2. The molecule has 0 spiro atoms. The van der Waals surface area contributed by atoms with Gasteiger partial charge in [0.25, 0.3) is 5.91 Å². The number of carbonyl (C=O) groups is 2. The van der Waals surface area contributed by atoms with E-state index < -0.39 is 12.1 Å². The fourth-order valence-corrected chi connectivity index (χ4v) is 3.83. The van der Waals surface area contributed by atoms with Crippen molar-refractivity contribution in [1.82, 2.24) is 10.7 Å². The summed E-state index contributed by atoms with van der Waals surface area (Å²) in [7, 11) is 3.17. The molecule has 1 heterocycles. The van der Waals surface area contributed by atoms with Gasteiger partial charge < -0.3 is 14.8 Å². The Morgan fingerprint density at radius 3 is 2.33 bits per heavy atom. The van der Waals surface area contributed by atoms with E-state index in [4.69, 9.17) is 9.47 Å². The molecule has 1 fully saturated rings. The standard InChI is InChI=1S/C26H25N3O4/c1-17-8-10-18(11-9-17)24-23(27-25(30)19-12-14-21(32-2)15-13-19)26(31)28-29(24)16-20-6-4-5-7-22(20)33-3/h4-16,23-24H,1-3H3,(H-,27,28,30,31)/p+1/b29-16-/t23-,24-/m0/s1. The van der Waals surface area contributed by atoms with Crippen molar-refractivity contribution in [2.45, 2.75) is 19.0 Å². The third-order valence-corrected chi connectivity index (χ3v) is 5.61. The lowest BCUT2D eigenvalue weighted by molar-refractivity contribution is -0.596. The number of hydrogen-bond acceptors (Lipinski definition) is 4. The maximum Gasteiger partial charge on any atom is 0.304 e. The van der Waals surface area contributed by atoms with Gasteiger partial charge in [-0.1, -0.05) is 42.0 Å². The minimum absolute atomic E-state index is 0.298. The summed E-state index contributed by atoms with van der Waals surface area (Å²) in [5.74, 6) is 0.697. The van der Waals surface area contributed by atoms with Gasteiger partial charge in [-0.15, -0.1) is 10.1 Å². The fourth-order valence-electron chi connectivity index (χ4n) is 3.83. The Kier molecular flexibility index (Phi) is 6.40. The lowest BCUT2D eigenvalue weighted by atomic mass is 9.98. The zero-order valence-electron chi connectivity index (χ0n) is 18.7. The molecule has 33 heavy (non-hydrogen) atoms. The quantitative estimate of drug-likeness (QED) is 0.573. The predicted octanol–water partition coefficient (Wildman–Crippen LogP) is 3.03. The first-order chi connectivity index (χ1) is 16.0. The van der Waals surface area contributed by atoms with Crippen LogP contribution in [0.3, 0.4) is 0 Å². The summed E-state index contributed by atoms with van der Waals surface area (Å²) in [5.41, 5.74) is 6.14. The summed E-state index contributed by atoms with van der Waals surface area (Å²) in [5, 5.41) is 2.91. The molecule has 0 unspecified atom stereocenters. The second kappa shape index (κ2) is 9.56. The second-order valence-electron chi connectivity index (χ2n) is 7.79. The first-order valence-electron chi connectivity index (χ1n) is 10.6. The van der Waals surface area contributed by atoms with Crippen molar-refractivity contribution in [2.24, 2.45) is 0 Å². The molecule has 0 aliphatic carbocycles. The number of hydrazone groups is 1. The second-order valence-corrected chi connectivity index (χ2v) is 7.79. The molecule has 0 aromatic heterocycles. The molecule has 3 aromatic carbocycles. The van der Waals surface area contributed by atoms with Crippen molar-refractivity contribution in [3.8, 4) is 11.5 Å². The van der Waals surface area contributed by atoms with Gasteiger partial charge in [0, 0.05) is 11.1 Å². The SMILES string of the molecule is COc1ccc(C(=O)N[C@@H]2C(=O)N/[N+](=C\c3ccccc3OC)[C@H]2c2ccc(C)cc2)cc1. The number of para-hydroxylation sites is 1. The number of carbonyl (C=O) groups excluding carboxylic acids is 2. The van der Waals surface area contributed by atoms with Gasteiger partial charge >= 0.3 is 5.91 Å². The van der Waals surface area contributed by atoms with Gasteiger partial charge in [-0.25, -0.2) is 0 Å². The van der Waals surface area contributed by atoms with Gasteiger partial charge in [0.1, 0.15) is 11.5 Å². The molecule has 0 radical (unpaired) electrons. The van der Waals surface area contributed by atoms with Crippen LogP contribution in [0.5, 0.6) is 11.5 Å². The molecule has 1 saturated heterocycles. The van der Waals surface area contributed by atoms with Crippen LogP contribution in [-0.2, 0) is 4.79 Å². The first kappa shape index (κ1) is 22.1. The van der Waals surface area contributed by atoms with Crippen LogP contribution in [0.4, 0.5) is 0 Å². The van der Waals surface area contributed by atoms with Crippen LogP contribution in [0.1, 0.15) is 33.1 Å². The average Bonchev–Trinajstić information content (AvgIpc) is 3.14. The van der Waals surface area contributed by atoms with E-state index in [0.717, 1.165) is 16.7 Å². The molecule has 2 atom stereocenters. The predicted molar refractivity (Wildman–Crippen MR) is 125 cm³/mol. The van der Waals surface area contributed by atoms with E-state index in [0.29, 0.717) is 17.1 Å². The lowest BCUT2D eigenvalue weighted by Gasteiger charge is -2.15. The van der Waals surface area contributed by atoms with E-state index in [9.17, 15) is 9.59 Å². The van der Waals surface area contributed by atoms with Gasteiger partial charge in [0.2, 0.25) is 12.3 Å². The third-order valence-electron chi connectivity index (χ3n) is 5.61. The van der Waals surface area contributed by atoms with Crippen LogP contribution < -0.4 is 20.2 Å². The summed E-state index contributed by atoms with van der Waals surface area (Å²) < 4.78 is 12.3. The maximum atomic E-state index is 13.0. The zero-order valence-corrected chi connectivity index (χ0v) is 18.7. The normalized spacial score (nSPS) is 18.6. The maximum absolute atomic E-state index is 13.0. The largest absolute Gasteiger partial charge is 0.497 e. The molecule has 2 amide bonds. The number of nitrogens with zero attached hydrogens (tertiary/aromatic N) is 1. The van der Waals surface area contributed by atoms with Gasteiger partial charge in [0.15, 0.2) is 6.04 Å². The molecular formula is C26H26N3O4+. The van der Waals surface area contributed by atoms with Gasteiger partial charge in [-0.3, -0.25) is 9.59 Å². The Labute approximate surface area is 192 Å². The summed E-state index contributed by atoms with van der Waals surface area (Å²) in [6, 6.07) is 21.0. The number of nitrogens with one attached hydrogen (secondary N) is 2. The van der Waals surface area contributed by atoms with Crippen LogP contribution >= 0.6 is 0 Å². The smallest absolute Gasteiger partial charge is 0.304 e. The molecule has 4 rings (SSSR count). The summed E-state index contributed by atoms with van der Waals surface area (Å²) >= 11 is 0. The molecule has 0 bridgehead atoms. The minimum Gasteiger partial charge on any atom is -0.497 e. The fraction of sp³-hybridized carbons (Fsp3) is 0.192. The van der Waals surface area contributed by atoms with Crippen LogP contribution in [-0.4, -0.2) is 43.0 Å². The summed E-state index contributed by atoms with van der Waals surface area (Å²) in [4.78, 5) is 26.0. The topological polar surface area (TPSA) is 79.7 Å². The van der Waals surface area contributed by atoms with Crippen molar-refractivity contribution < 1.29 is 23.7 Å². The molecule has 2 N–H and O–H groups in total. The van der Waals surface area contributed by atoms with Crippen molar-refractivity contribution >= 4 is 18.0 Å². The van der Waals surface area contributed by atoms with Gasteiger partial charge in [-0.05, 0) is 43.3 Å². The van der Waals surface area contributed by atoms with Crippen LogP contribution in [0, 0.1) is 6.92 Å². The van der Waals surface area contributed by atoms with Crippen LogP contribution in [0.25, 0.3) is 0 Å². The monoisotopic (exact) mass is 444 g/mol. The molecular weight excluding hydrogens is 418 g/mol. The van der Waals surface area contributed by atoms with Crippen LogP contribution in [0.15, 0.2) is 72.8 Å². The highest BCUT2D eigenvalue weighted by Gasteiger charge is 2.47.